The maximum Gasteiger partial charge on any atom is 0.410 e. The quantitative estimate of drug-likeness (QED) is 0.816. The zero-order valence-corrected chi connectivity index (χ0v) is 15.7. The number of nitrogens with one attached hydrogen (secondary N) is 1. The molecule has 0 radical (unpaired) electrons. The largest absolute Gasteiger partial charge is 0.444 e. The van der Waals surface area contributed by atoms with Gasteiger partial charge in [-0.1, -0.05) is 17.7 Å². The third kappa shape index (κ3) is 3.80. The molecule has 0 aromatic heterocycles. The van der Waals surface area contributed by atoms with Crippen molar-refractivity contribution in [2.24, 2.45) is 0 Å². The molecule has 2 heterocycles. The van der Waals surface area contributed by atoms with Crippen LogP contribution in [0.3, 0.4) is 0 Å². The van der Waals surface area contributed by atoms with Crippen molar-refractivity contribution in [3.63, 3.8) is 0 Å². The van der Waals surface area contributed by atoms with E-state index in [0.29, 0.717) is 6.04 Å². The molecule has 5 heteroatoms. The van der Waals surface area contributed by atoms with Crippen LogP contribution in [0.5, 0.6) is 0 Å². The van der Waals surface area contributed by atoms with Gasteiger partial charge in [0.25, 0.3) is 0 Å². The van der Waals surface area contributed by atoms with Crippen molar-refractivity contribution in [1.29, 1.82) is 0 Å². The van der Waals surface area contributed by atoms with Gasteiger partial charge in [-0.15, -0.1) is 0 Å². The maximum absolute atomic E-state index is 12.5. The van der Waals surface area contributed by atoms with E-state index in [1.165, 1.54) is 5.56 Å². The van der Waals surface area contributed by atoms with Crippen molar-refractivity contribution in [1.82, 2.24) is 4.90 Å². The molecule has 2 bridgehead atoms. The molecule has 2 atom stereocenters. The Balaban J connectivity index is 1.67. The summed E-state index contributed by atoms with van der Waals surface area (Å²) in [5, 5.41) is 4.38. The van der Waals surface area contributed by atoms with Gasteiger partial charge in [-0.3, -0.25) is 0 Å². The van der Waals surface area contributed by atoms with E-state index >= 15 is 0 Å². The third-order valence-electron chi connectivity index (χ3n) is 4.90. The Kier molecular flexibility index (Phi) is 4.69. The lowest BCUT2D eigenvalue weighted by Gasteiger charge is -2.40. The monoisotopic (exact) mass is 350 g/mol. The second-order valence-electron chi connectivity index (χ2n) is 8.04. The number of nitrogens with zero attached hydrogens (tertiary/aromatic N) is 1. The van der Waals surface area contributed by atoms with Crippen molar-refractivity contribution >= 4 is 23.4 Å². The summed E-state index contributed by atoms with van der Waals surface area (Å²) < 4.78 is 5.60. The highest BCUT2D eigenvalue weighted by Gasteiger charge is 2.44. The molecule has 3 rings (SSSR count). The van der Waals surface area contributed by atoms with E-state index in [1.807, 2.05) is 43.9 Å². The molecule has 1 aromatic carbocycles. The second kappa shape index (κ2) is 6.47. The van der Waals surface area contributed by atoms with Crippen molar-refractivity contribution in [3.8, 4) is 0 Å². The Hall–Kier alpha value is -1.42. The molecule has 0 saturated carbocycles. The fraction of sp³-hybridized carbons (Fsp3) is 0.632. The minimum atomic E-state index is -0.441. The van der Waals surface area contributed by atoms with Gasteiger partial charge in [0.05, 0.1) is 0 Å². The number of halogens is 1. The third-order valence-corrected chi connectivity index (χ3v) is 5.13. The number of carbonyl (C=O) groups excluding carboxylic acids is 1. The molecule has 2 saturated heterocycles. The highest BCUT2D eigenvalue weighted by Crippen LogP contribution is 2.38. The van der Waals surface area contributed by atoms with Crippen molar-refractivity contribution < 1.29 is 9.53 Å². The number of benzene rings is 1. The predicted molar refractivity (Wildman–Crippen MR) is 97.7 cm³/mol. The Bertz CT molecular complexity index is 612. The van der Waals surface area contributed by atoms with E-state index in [-0.39, 0.29) is 18.2 Å². The van der Waals surface area contributed by atoms with Crippen molar-refractivity contribution in [3.05, 3.63) is 28.8 Å². The summed E-state index contributed by atoms with van der Waals surface area (Å²) in [6.45, 7) is 7.85. The number of ether oxygens (including phenoxy) is 1. The number of hydrogen-bond donors (Lipinski definition) is 1. The van der Waals surface area contributed by atoms with Crippen LogP contribution in [0.15, 0.2) is 18.2 Å². The van der Waals surface area contributed by atoms with Crippen LogP contribution in [0.1, 0.15) is 52.0 Å². The smallest absolute Gasteiger partial charge is 0.410 e. The average Bonchev–Trinajstić information content (AvgIpc) is 2.73. The van der Waals surface area contributed by atoms with Gasteiger partial charge in [0, 0.05) is 28.8 Å². The molecule has 0 spiro atoms. The summed E-state index contributed by atoms with van der Waals surface area (Å²) in [4.78, 5) is 14.5. The molecule has 2 fully saturated rings. The van der Waals surface area contributed by atoms with E-state index in [4.69, 9.17) is 16.3 Å². The van der Waals surface area contributed by atoms with Crippen molar-refractivity contribution in [2.75, 3.05) is 5.32 Å². The minimum absolute atomic E-state index is 0.160. The Morgan fingerprint density at radius 1 is 1.25 bits per heavy atom. The fourth-order valence-electron chi connectivity index (χ4n) is 3.88. The first-order chi connectivity index (χ1) is 11.2. The number of piperidine rings is 1. The summed E-state index contributed by atoms with van der Waals surface area (Å²) in [6, 6.07) is 6.86. The zero-order valence-electron chi connectivity index (χ0n) is 14.9. The summed E-state index contributed by atoms with van der Waals surface area (Å²) in [7, 11) is 0. The molecule has 132 valence electrons. The number of rotatable bonds is 2. The summed E-state index contributed by atoms with van der Waals surface area (Å²) in [5.74, 6) is 0. The zero-order chi connectivity index (χ0) is 17.5. The van der Waals surface area contributed by atoms with Gasteiger partial charge in [0.15, 0.2) is 0 Å². The molecule has 1 N–H and O–H groups in total. The molecule has 0 aliphatic carbocycles. The molecule has 1 aromatic rings. The molecule has 2 unspecified atom stereocenters. The van der Waals surface area contributed by atoms with Crippen LogP contribution in [-0.2, 0) is 4.74 Å². The molecule has 24 heavy (non-hydrogen) atoms. The van der Waals surface area contributed by atoms with Gasteiger partial charge in [-0.05, 0) is 71.1 Å². The van der Waals surface area contributed by atoms with Gasteiger partial charge in [-0.25, -0.2) is 4.79 Å². The molecular formula is C19H27ClN2O2. The van der Waals surface area contributed by atoms with Gasteiger partial charge in [0.1, 0.15) is 5.60 Å². The number of anilines is 1. The lowest BCUT2D eigenvalue weighted by atomic mass is 9.97. The lowest BCUT2D eigenvalue weighted by molar-refractivity contribution is 0.00683. The molecule has 2 aliphatic heterocycles. The van der Waals surface area contributed by atoms with E-state index < -0.39 is 5.60 Å². The van der Waals surface area contributed by atoms with Gasteiger partial charge in [0.2, 0.25) is 0 Å². The molecule has 4 nitrogen and oxygen atoms in total. The topological polar surface area (TPSA) is 41.6 Å². The summed E-state index contributed by atoms with van der Waals surface area (Å²) >= 11 is 6.12. The average molecular weight is 351 g/mol. The van der Waals surface area contributed by atoms with Crippen LogP contribution in [0.2, 0.25) is 5.02 Å². The number of hydrogen-bond acceptors (Lipinski definition) is 3. The normalized spacial score (nSPS) is 26.4. The van der Waals surface area contributed by atoms with E-state index in [1.54, 1.807) is 0 Å². The number of aryl methyl sites for hydroxylation is 1. The second-order valence-corrected chi connectivity index (χ2v) is 8.48. The molecular weight excluding hydrogens is 324 g/mol. The predicted octanol–water partition coefficient (Wildman–Crippen LogP) is 4.99. The van der Waals surface area contributed by atoms with Crippen LogP contribution in [0.4, 0.5) is 10.5 Å². The number of amides is 1. The maximum atomic E-state index is 12.5. The van der Waals surface area contributed by atoms with E-state index in [9.17, 15) is 4.79 Å². The first-order valence-corrected chi connectivity index (χ1v) is 9.15. The van der Waals surface area contributed by atoms with Crippen LogP contribution in [-0.4, -0.2) is 34.7 Å². The van der Waals surface area contributed by atoms with Crippen molar-refractivity contribution in [2.45, 2.75) is 77.1 Å². The SMILES string of the molecule is Cc1ccc(Cl)cc1NC1CC2CCC(C1)N2C(=O)OC(C)(C)C. The number of fused-ring (bicyclic) bond motifs is 2. The van der Waals surface area contributed by atoms with E-state index in [2.05, 4.69) is 12.2 Å². The first kappa shape index (κ1) is 17.4. The lowest BCUT2D eigenvalue weighted by Crippen LogP contribution is -2.51. The Labute approximate surface area is 149 Å². The number of carbonyl (C=O) groups is 1. The molecule has 1 amide bonds. The van der Waals surface area contributed by atoms with Crippen LogP contribution in [0.25, 0.3) is 0 Å². The van der Waals surface area contributed by atoms with Crippen LogP contribution in [0, 0.1) is 6.92 Å². The van der Waals surface area contributed by atoms with Gasteiger partial charge >= 0.3 is 6.09 Å². The van der Waals surface area contributed by atoms with Crippen LogP contribution < -0.4 is 5.32 Å². The Morgan fingerprint density at radius 3 is 2.46 bits per heavy atom. The van der Waals surface area contributed by atoms with Gasteiger partial charge in [-0.2, -0.15) is 0 Å². The summed E-state index contributed by atoms with van der Waals surface area (Å²) in [5.41, 5.74) is 1.85. The molecule has 2 aliphatic rings. The fourth-order valence-corrected chi connectivity index (χ4v) is 4.05. The standard InChI is InChI=1S/C19H27ClN2O2/c1-12-5-6-13(20)9-17(12)21-14-10-15-7-8-16(11-14)22(15)18(23)24-19(2,3)4/h5-6,9,14-16,21H,7-8,10-11H2,1-4H3. The minimum Gasteiger partial charge on any atom is -0.444 e. The van der Waals surface area contributed by atoms with Crippen LogP contribution >= 0.6 is 11.6 Å². The van der Waals surface area contributed by atoms with E-state index in [0.717, 1.165) is 36.4 Å². The Morgan fingerprint density at radius 2 is 1.88 bits per heavy atom. The first-order valence-electron chi connectivity index (χ1n) is 8.77. The summed E-state index contributed by atoms with van der Waals surface area (Å²) in [6.07, 6.45) is 3.89. The highest BCUT2D eigenvalue weighted by atomic mass is 35.5. The highest BCUT2D eigenvalue weighted by molar-refractivity contribution is 6.30. The van der Waals surface area contributed by atoms with Gasteiger partial charge < -0.3 is 15.0 Å².